The summed E-state index contributed by atoms with van der Waals surface area (Å²) in [5.41, 5.74) is 10.6. The van der Waals surface area contributed by atoms with E-state index in [1.54, 1.807) is 0 Å². The van der Waals surface area contributed by atoms with E-state index < -0.39 is 0 Å². The number of rotatable bonds is 4. The van der Waals surface area contributed by atoms with Crippen molar-refractivity contribution in [1.29, 1.82) is 0 Å². The molecule has 21 heavy (non-hydrogen) atoms. The average molecular weight is 282 g/mol. The maximum absolute atomic E-state index is 5.85. The molecule has 1 aliphatic carbocycles. The van der Waals surface area contributed by atoms with Crippen LogP contribution in [0.15, 0.2) is 42.5 Å². The first kappa shape index (κ1) is 13.8. The van der Waals surface area contributed by atoms with Crippen molar-refractivity contribution >= 4 is 11.4 Å². The molecule has 3 rings (SSSR count). The molecule has 1 aliphatic rings. The van der Waals surface area contributed by atoms with Gasteiger partial charge < -0.3 is 15.8 Å². The fraction of sp³-hybridized carbons (Fsp3) is 0.333. The van der Waals surface area contributed by atoms with Crippen LogP contribution < -0.4 is 15.8 Å². The van der Waals surface area contributed by atoms with Crippen molar-refractivity contribution in [2.45, 2.75) is 38.8 Å². The number of hydrogen-bond donors (Lipinski definition) is 2. The number of hydrogen-bond acceptors (Lipinski definition) is 3. The largest absolute Gasteiger partial charge is 0.491 e. The smallest absolute Gasteiger partial charge is 0.119 e. The van der Waals surface area contributed by atoms with Gasteiger partial charge in [0.25, 0.3) is 0 Å². The van der Waals surface area contributed by atoms with E-state index in [1.165, 1.54) is 11.1 Å². The molecular formula is C18H22N2O. The van der Waals surface area contributed by atoms with Crippen molar-refractivity contribution < 1.29 is 4.74 Å². The number of nitrogen functional groups attached to an aromatic ring is 1. The third-order valence-corrected chi connectivity index (χ3v) is 3.81. The molecule has 0 aliphatic heterocycles. The van der Waals surface area contributed by atoms with Gasteiger partial charge in [0, 0.05) is 11.4 Å². The number of aryl methyl sites for hydroxylation is 1. The summed E-state index contributed by atoms with van der Waals surface area (Å²) in [7, 11) is 0. The molecule has 3 nitrogen and oxygen atoms in total. The first-order valence-electron chi connectivity index (χ1n) is 7.53. The van der Waals surface area contributed by atoms with Gasteiger partial charge >= 0.3 is 0 Å². The Labute approximate surface area is 126 Å². The highest BCUT2D eigenvalue weighted by Crippen LogP contribution is 2.35. The van der Waals surface area contributed by atoms with Crippen LogP contribution in [0.5, 0.6) is 5.75 Å². The van der Waals surface area contributed by atoms with Gasteiger partial charge in [-0.15, -0.1) is 0 Å². The molecule has 0 saturated carbocycles. The van der Waals surface area contributed by atoms with Crippen molar-refractivity contribution in [2.24, 2.45) is 0 Å². The van der Waals surface area contributed by atoms with Gasteiger partial charge in [-0.3, -0.25) is 0 Å². The number of nitrogens with two attached hydrogens (primary N) is 1. The van der Waals surface area contributed by atoms with Crippen molar-refractivity contribution in [3.8, 4) is 5.75 Å². The van der Waals surface area contributed by atoms with Crippen molar-refractivity contribution in [3.63, 3.8) is 0 Å². The number of anilines is 2. The Kier molecular flexibility index (Phi) is 3.74. The summed E-state index contributed by atoms with van der Waals surface area (Å²) < 4.78 is 5.67. The number of fused-ring (bicyclic) bond motifs is 1. The summed E-state index contributed by atoms with van der Waals surface area (Å²) in [6, 6.07) is 14.8. The minimum absolute atomic E-state index is 0.205. The van der Waals surface area contributed by atoms with Crippen LogP contribution in [0.3, 0.4) is 0 Å². The normalized spacial score (nSPS) is 16.8. The highest BCUT2D eigenvalue weighted by molar-refractivity contribution is 5.53. The molecule has 0 amide bonds. The van der Waals surface area contributed by atoms with Crippen molar-refractivity contribution in [3.05, 3.63) is 53.6 Å². The number of nitrogens with one attached hydrogen (secondary N) is 1. The molecule has 1 atom stereocenters. The summed E-state index contributed by atoms with van der Waals surface area (Å²) >= 11 is 0. The molecule has 2 aromatic carbocycles. The lowest BCUT2D eigenvalue weighted by atomic mass is 10.1. The van der Waals surface area contributed by atoms with Crippen molar-refractivity contribution in [1.82, 2.24) is 0 Å². The minimum atomic E-state index is 0.205. The van der Waals surface area contributed by atoms with Crippen LogP contribution in [-0.2, 0) is 6.42 Å². The van der Waals surface area contributed by atoms with Gasteiger partial charge in [-0.25, -0.2) is 0 Å². The third-order valence-electron chi connectivity index (χ3n) is 3.81. The van der Waals surface area contributed by atoms with Gasteiger partial charge in [-0.05, 0) is 74.2 Å². The Bertz CT molecular complexity index is 620. The van der Waals surface area contributed by atoms with Crippen LogP contribution >= 0.6 is 0 Å². The summed E-state index contributed by atoms with van der Waals surface area (Å²) in [5, 5.41) is 3.60. The van der Waals surface area contributed by atoms with E-state index in [1.807, 2.05) is 32.0 Å². The lowest BCUT2D eigenvalue weighted by Crippen LogP contribution is -2.08. The quantitative estimate of drug-likeness (QED) is 0.828. The Morgan fingerprint density at radius 3 is 2.62 bits per heavy atom. The lowest BCUT2D eigenvalue weighted by molar-refractivity contribution is 0.242. The van der Waals surface area contributed by atoms with Crippen LogP contribution in [0.25, 0.3) is 0 Å². The maximum Gasteiger partial charge on any atom is 0.119 e. The lowest BCUT2D eigenvalue weighted by Gasteiger charge is -2.16. The van der Waals surface area contributed by atoms with Crippen LogP contribution in [0, 0.1) is 0 Å². The highest BCUT2D eigenvalue weighted by Gasteiger charge is 2.22. The second kappa shape index (κ2) is 5.68. The van der Waals surface area contributed by atoms with Crippen LogP contribution in [0.1, 0.15) is 37.4 Å². The molecule has 0 radical (unpaired) electrons. The van der Waals surface area contributed by atoms with Gasteiger partial charge in [-0.2, -0.15) is 0 Å². The maximum atomic E-state index is 5.85. The molecule has 3 heteroatoms. The second-order valence-electron chi connectivity index (χ2n) is 5.88. The second-order valence-corrected chi connectivity index (χ2v) is 5.88. The zero-order valence-corrected chi connectivity index (χ0v) is 12.6. The molecule has 1 unspecified atom stereocenters. The molecule has 0 spiro atoms. The van der Waals surface area contributed by atoms with Gasteiger partial charge in [-0.1, -0.05) is 6.07 Å². The predicted molar refractivity (Wildman–Crippen MR) is 87.7 cm³/mol. The standard InChI is InChI=1S/C18H22N2O/c1-12(2)21-16-7-5-15(6-8-16)20-18-10-3-13-11-14(19)4-9-17(13)18/h4-9,11-12,18,20H,3,10,19H2,1-2H3. The van der Waals surface area contributed by atoms with E-state index in [9.17, 15) is 0 Å². The van der Waals surface area contributed by atoms with E-state index in [2.05, 4.69) is 29.6 Å². The van der Waals surface area contributed by atoms with E-state index in [-0.39, 0.29) is 6.10 Å². The Balaban J connectivity index is 1.71. The van der Waals surface area contributed by atoms with Crippen LogP contribution in [0.4, 0.5) is 11.4 Å². The Morgan fingerprint density at radius 2 is 1.90 bits per heavy atom. The van der Waals surface area contributed by atoms with E-state index in [4.69, 9.17) is 10.5 Å². The van der Waals surface area contributed by atoms with Gasteiger partial charge in [0.2, 0.25) is 0 Å². The zero-order chi connectivity index (χ0) is 14.8. The molecular weight excluding hydrogens is 260 g/mol. The first-order valence-corrected chi connectivity index (χ1v) is 7.53. The molecule has 0 saturated heterocycles. The van der Waals surface area contributed by atoms with Gasteiger partial charge in [0.05, 0.1) is 12.1 Å². The molecule has 0 fully saturated rings. The Morgan fingerprint density at radius 1 is 1.14 bits per heavy atom. The summed E-state index contributed by atoms with van der Waals surface area (Å²) in [4.78, 5) is 0. The zero-order valence-electron chi connectivity index (χ0n) is 12.6. The van der Waals surface area contributed by atoms with Crippen molar-refractivity contribution in [2.75, 3.05) is 11.1 Å². The summed E-state index contributed by atoms with van der Waals surface area (Å²) in [6.45, 7) is 4.07. The first-order chi connectivity index (χ1) is 10.1. The van der Waals surface area contributed by atoms with Crippen LogP contribution in [0.2, 0.25) is 0 Å². The minimum Gasteiger partial charge on any atom is -0.491 e. The molecule has 110 valence electrons. The summed E-state index contributed by atoms with van der Waals surface area (Å²) in [5.74, 6) is 0.912. The molecule has 0 bridgehead atoms. The third kappa shape index (κ3) is 3.13. The summed E-state index contributed by atoms with van der Waals surface area (Å²) in [6.07, 6.45) is 2.41. The number of ether oxygens (including phenoxy) is 1. The topological polar surface area (TPSA) is 47.3 Å². The Hall–Kier alpha value is -2.16. The molecule has 3 N–H and O–H groups in total. The SMILES string of the molecule is CC(C)Oc1ccc(NC2CCc3cc(N)ccc32)cc1. The van der Waals surface area contributed by atoms with Gasteiger partial charge in [0.1, 0.15) is 5.75 Å². The molecule has 0 aromatic heterocycles. The predicted octanol–water partition coefficient (Wildman–Crippen LogP) is 4.16. The fourth-order valence-electron chi connectivity index (χ4n) is 2.89. The molecule has 2 aromatic rings. The monoisotopic (exact) mass is 282 g/mol. The van der Waals surface area contributed by atoms with E-state index in [0.29, 0.717) is 6.04 Å². The molecule has 0 heterocycles. The highest BCUT2D eigenvalue weighted by atomic mass is 16.5. The fourth-order valence-corrected chi connectivity index (χ4v) is 2.89. The van der Waals surface area contributed by atoms with Gasteiger partial charge in [0.15, 0.2) is 0 Å². The number of benzene rings is 2. The van der Waals surface area contributed by atoms with E-state index >= 15 is 0 Å². The van der Waals surface area contributed by atoms with Crippen LogP contribution in [-0.4, -0.2) is 6.10 Å². The average Bonchev–Trinajstić information content (AvgIpc) is 2.83. The van der Waals surface area contributed by atoms with E-state index in [0.717, 1.165) is 30.0 Å².